The number of para-hydroxylation sites is 3. The van der Waals surface area contributed by atoms with E-state index in [0.29, 0.717) is 23.4 Å². The number of ketones is 1. The van der Waals surface area contributed by atoms with Crippen molar-refractivity contribution in [1.82, 2.24) is 0 Å². The van der Waals surface area contributed by atoms with Crippen molar-refractivity contribution in [2.45, 2.75) is 32.1 Å². The molecule has 0 radical (unpaired) electrons. The first kappa shape index (κ1) is 17.9. The molecule has 5 nitrogen and oxygen atoms in total. The van der Waals surface area contributed by atoms with E-state index in [9.17, 15) is 9.59 Å². The molecule has 1 atom stereocenters. The monoisotopic (exact) mass is 349 g/mol. The lowest BCUT2D eigenvalue weighted by Gasteiger charge is -2.17. The molecule has 0 aliphatic carbocycles. The smallest absolute Gasteiger partial charge is 0.224 e. The molecule has 0 fully saturated rings. The van der Waals surface area contributed by atoms with Crippen LogP contribution in [0.25, 0.3) is 0 Å². The Balaban J connectivity index is 1.38. The molecule has 1 unspecified atom stereocenters. The average molecular weight is 349 g/mol. The van der Waals surface area contributed by atoms with Gasteiger partial charge in [-0.2, -0.15) is 0 Å². The van der Waals surface area contributed by atoms with Crippen LogP contribution in [0.4, 0.5) is 17.1 Å². The summed E-state index contributed by atoms with van der Waals surface area (Å²) in [6, 6.07) is 14.7. The van der Waals surface area contributed by atoms with Gasteiger partial charge in [0.25, 0.3) is 0 Å². The van der Waals surface area contributed by atoms with E-state index in [0.717, 1.165) is 31.4 Å². The van der Waals surface area contributed by atoms with Gasteiger partial charge in [-0.1, -0.05) is 37.1 Å². The molecule has 5 heteroatoms. The summed E-state index contributed by atoms with van der Waals surface area (Å²) in [6.45, 7) is 0. The molecule has 1 aliphatic rings. The molecule has 0 aromatic heterocycles. The summed E-state index contributed by atoms with van der Waals surface area (Å²) in [6.07, 6.45) is 5.55. The van der Waals surface area contributed by atoms with Crippen molar-refractivity contribution in [2.75, 3.05) is 11.1 Å². The van der Waals surface area contributed by atoms with Gasteiger partial charge in [0.15, 0.2) is 5.78 Å². The second-order valence-corrected chi connectivity index (χ2v) is 6.50. The highest BCUT2D eigenvalue weighted by Gasteiger charge is 2.23. The molecule has 2 aromatic rings. The zero-order chi connectivity index (χ0) is 18.4. The molecule has 0 bridgehead atoms. The fraction of sp³-hybridized carbons (Fsp3) is 0.286. The number of benzene rings is 2. The largest absolute Gasteiger partial charge is 0.397 e. The van der Waals surface area contributed by atoms with Gasteiger partial charge < -0.3 is 11.1 Å². The number of hydrogen-bond acceptors (Lipinski definition) is 4. The van der Waals surface area contributed by atoms with Crippen molar-refractivity contribution >= 4 is 35.0 Å². The van der Waals surface area contributed by atoms with E-state index in [2.05, 4.69) is 10.3 Å². The van der Waals surface area contributed by atoms with Crippen LogP contribution in [0.2, 0.25) is 0 Å². The third-order valence-corrected chi connectivity index (χ3v) is 4.55. The molecule has 26 heavy (non-hydrogen) atoms. The Morgan fingerprint density at radius 1 is 1.04 bits per heavy atom. The summed E-state index contributed by atoms with van der Waals surface area (Å²) in [5.74, 6) is -0.0390. The number of aliphatic imine (C=N–C) groups is 1. The standard InChI is InChI=1S/C21H23N3O2/c22-17-10-5-7-12-19(17)24-20(25)13-3-1-2-8-15-14-23-18-11-6-4-9-16(18)21(15)26/h4-7,9-12,14-15H,1-3,8,13,22H2,(H,24,25). The van der Waals surface area contributed by atoms with Crippen LogP contribution in [-0.2, 0) is 4.79 Å². The number of anilines is 2. The summed E-state index contributed by atoms with van der Waals surface area (Å²) in [5.41, 5.74) is 8.50. The summed E-state index contributed by atoms with van der Waals surface area (Å²) in [5, 5.41) is 2.83. The Morgan fingerprint density at radius 3 is 2.65 bits per heavy atom. The van der Waals surface area contributed by atoms with Crippen LogP contribution in [0.1, 0.15) is 42.5 Å². The van der Waals surface area contributed by atoms with Crippen LogP contribution >= 0.6 is 0 Å². The number of Topliss-reactive ketones (excluding diaryl/α,β-unsaturated/α-hetero) is 1. The van der Waals surface area contributed by atoms with E-state index in [-0.39, 0.29) is 17.6 Å². The first-order valence-corrected chi connectivity index (χ1v) is 8.97. The Hall–Kier alpha value is -2.95. The molecular weight excluding hydrogens is 326 g/mol. The predicted molar refractivity (Wildman–Crippen MR) is 105 cm³/mol. The van der Waals surface area contributed by atoms with Gasteiger partial charge in [0.05, 0.1) is 23.0 Å². The molecule has 3 N–H and O–H groups in total. The van der Waals surface area contributed by atoms with E-state index in [1.807, 2.05) is 36.4 Å². The fourth-order valence-corrected chi connectivity index (χ4v) is 3.09. The molecule has 3 rings (SSSR count). The van der Waals surface area contributed by atoms with E-state index < -0.39 is 0 Å². The first-order valence-electron chi connectivity index (χ1n) is 8.97. The lowest BCUT2D eigenvalue weighted by Crippen LogP contribution is -2.19. The van der Waals surface area contributed by atoms with E-state index in [1.165, 1.54) is 0 Å². The molecule has 2 aromatic carbocycles. The molecule has 134 valence electrons. The maximum atomic E-state index is 12.5. The zero-order valence-corrected chi connectivity index (χ0v) is 14.7. The number of rotatable bonds is 7. The number of hydrogen-bond donors (Lipinski definition) is 2. The number of amides is 1. The molecule has 1 heterocycles. The van der Waals surface area contributed by atoms with Crippen LogP contribution < -0.4 is 11.1 Å². The van der Waals surface area contributed by atoms with Gasteiger partial charge in [0, 0.05) is 18.2 Å². The fourth-order valence-electron chi connectivity index (χ4n) is 3.09. The number of carbonyl (C=O) groups excluding carboxylic acids is 2. The molecule has 0 saturated heterocycles. The van der Waals surface area contributed by atoms with Gasteiger partial charge in [-0.15, -0.1) is 0 Å². The van der Waals surface area contributed by atoms with Gasteiger partial charge in [-0.25, -0.2) is 0 Å². The lowest BCUT2D eigenvalue weighted by atomic mass is 9.90. The first-order chi connectivity index (χ1) is 12.6. The zero-order valence-electron chi connectivity index (χ0n) is 14.7. The van der Waals surface area contributed by atoms with Crippen LogP contribution in [0.15, 0.2) is 53.5 Å². The van der Waals surface area contributed by atoms with Crippen LogP contribution in [0, 0.1) is 5.92 Å². The van der Waals surface area contributed by atoms with Crippen molar-refractivity contribution in [3.8, 4) is 0 Å². The highest BCUT2D eigenvalue weighted by Crippen LogP contribution is 2.28. The summed E-state index contributed by atoms with van der Waals surface area (Å²) in [7, 11) is 0. The lowest BCUT2D eigenvalue weighted by molar-refractivity contribution is -0.116. The second kappa shape index (κ2) is 8.43. The number of nitrogens with one attached hydrogen (secondary N) is 1. The van der Waals surface area contributed by atoms with Crippen molar-refractivity contribution in [2.24, 2.45) is 10.9 Å². The van der Waals surface area contributed by atoms with E-state index >= 15 is 0 Å². The quantitative estimate of drug-likeness (QED) is 0.575. The SMILES string of the molecule is Nc1ccccc1NC(=O)CCCCCC1C=Nc2ccccc2C1=O. The maximum Gasteiger partial charge on any atom is 0.224 e. The number of nitrogens with zero attached hydrogens (tertiary/aromatic N) is 1. The van der Waals surface area contributed by atoms with Gasteiger partial charge in [-0.3, -0.25) is 14.6 Å². The third-order valence-electron chi connectivity index (χ3n) is 4.55. The minimum atomic E-state index is -0.150. The van der Waals surface area contributed by atoms with Gasteiger partial charge in [0.1, 0.15) is 0 Å². The molecule has 0 saturated carbocycles. The highest BCUT2D eigenvalue weighted by molar-refractivity contribution is 6.12. The minimum absolute atomic E-state index is 0.0351. The van der Waals surface area contributed by atoms with Crippen molar-refractivity contribution in [3.63, 3.8) is 0 Å². The summed E-state index contributed by atoms with van der Waals surface area (Å²) >= 11 is 0. The van der Waals surface area contributed by atoms with Crippen molar-refractivity contribution < 1.29 is 9.59 Å². The van der Waals surface area contributed by atoms with Crippen LogP contribution in [0.3, 0.4) is 0 Å². The third kappa shape index (κ3) is 4.36. The predicted octanol–water partition coefficient (Wildman–Crippen LogP) is 4.37. The topological polar surface area (TPSA) is 84.5 Å². The number of nitrogens with two attached hydrogens (primary N) is 1. The number of unbranched alkanes of at least 4 members (excludes halogenated alkanes) is 2. The van der Waals surface area contributed by atoms with Crippen LogP contribution in [-0.4, -0.2) is 17.9 Å². The number of carbonyl (C=O) groups is 2. The molecule has 1 aliphatic heterocycles. The van der Waals surface area contributed by atoms with E-state index in [4.69, 9.17) is 5.73 Å². The highest BCUT2D eigenvalue weighted by atomic mass is 16.1. The molecule has 1 amide bonds. The van der Waals surface area contributed by atoms with Gasteiger partial charge >= 0.3 is 0 Å². The van der Waals surface area contributed by atoms with Crippen molar-refractivity contribution in [3.05, 3.63) is 54.1 Å². The Morgan fingerprint density at radius 2 is 1.81 bits per heavy atom. The van der Waals surface area contributed by atoms with Gasteiger partial charge in [0.2, 0.25) is 5.91 Å². The average Bonchev–Trinajstić information content (AvgIpc) is 2.65. The van der Waals surface area contributed by atoms with Crippen molar-refractivity contribution in [1.29, 1.82) is 0 Å². The van der Waals surface area contributed by atoms with Crippen LogP contribution in [0.5, 0.6) is 0 Å². The molecule has 0 spiro atoms. The normalized spacial score (nSPS) is 15.5. The summed E-state index contributed by atoms with van der Waals surface area (Å²) < 4.78 is 0. The minimum Gasteiger partial charge on any atom is -0.397 e. The maximum absolute atomic E-state index is 12.5. The Bertz CT molecular complexity index is 830. The number of fused-ring (bicyclic) bond motifs is 1. The Labute approximate surface area is 153 Å². The summed E-state index contributed by atoms with van der Waals surface area (Å²) in [4.78, 5) is 28.8. The second-order valence-electron chi connectivity index (χ2n) is 6.50. The van der Waals surface area contributed by atoms with Gasteiger partial charge in [-0.05, 0) is 37.1 Å². The van der Waals surface area contributed by atoms with E-state index in [1.54, 1.807) is 18.3 Å². The number of nitrogen functional groups attached to an aromatic ring is 1. The Kier molecular flexibility index (Phi) is 5.79. The molecular formula is C21H23N3O2.